The lowest BCUT2D eigenvalue weighted by Gasteiger charge is -2.38. The van der Waals surface area contributed by atoms with Crippen molar-refractivity contribution in [1.82, 2.24) is 14.7 Å². The van der Waals surface area contributed by atoms with Crippen LogP contribution in [0.3, 0.4) is 0 Å². The summed E-state index contributed by atoms with van der Waals surface area (Å²) in [6.07, 6.45) is 0.715. The molecule has 2 aromatic rings. The Morgan fingerprint density at radius 2 is 1.86 bits per heavy atom. The molecule has 2 aromatic heterocycles. The molecule has 0 unspecified atom stereocenters. The minimum atomic E-state index is -0.284. The van der Waals surface area contributed by atoms with E-state index < -0.39 is 0 Å². The topological polar surface area (TPSA) is 53.1 Å². The van der Waals surface area contributed by atoms with Crippen LogP contribution in [0.15, 0.2) is 29.0 Å². The van der Waals surface area contributed by atoms with Gasteiger partial charge in [-0.2, -0.15) is 0 Å². The Morgan fingerprint density at radius 1 is 1.07 bits per heavy atom. The first-order chi connectivity index (χ1) is 13.7. The number of rotatable bonds is 4. The third kappa shape index (κ3) is 3.94. The maximum atomic E-state index is 13.0. The lowest BCUT2D eigenvalue weighted by Crippen LogP contribution is -2.53. The van der Waals surface area contributed by atoms with Gasteiger partial charge < -0.3 is 14.5 Å². The number of ether oxygens (including phenoxy) is 1. The van der Waals surface area contributed by atoms with Crippen LogP contribution in [-0.2, 0) is 16.0 Å². The largest absolute Gasteiger partial charge is 0.450 e. The molecule has 2 aliphatic heterocycles. The quantitative estimate of drug-likeness (QED) is 0.764. The molecular formula is C20H25N3O3S2. The minimum Gasteiger partial charge on any atom is -0.450 e. The maximum Gasteiger partial charge on any atom is 0.409 e. The summed E-state index contributed by atoms with van der Waals surface area (Å²) in [4.78, 5) is 33.4. The third-order valence-electron chi connectivity index (χ3n) is 5.38. The van der Waals surface area contributed by atoms with E-state index in [4.69, 9.17) is 4.74 Å². The van der Waals surface area contributed by atoms with Gasteiger partial charge in [0.2, 0.25) is 5.91 Å². The third-order valence-corrected chi connectivity index (χ3v) is 7.30. The van der Waals surface area contributed by atoms with Crippen molar-refractivity contribution in [3.05, 3.63) is 44.3 Å². The van der Waals surface area contributed by atoms with E-state index in [1.54, 1.807) is 23.2 Å². The summed E-state index contributed by atoms with van der Waals surface area (Å²) in [5, 5.41) is 4.26. The lowest BCUT2D eigenvalue weighted by molar-refractivity contribution is -0.134. The Morgan fingerprint density at radius 3 is 2.57 bits per heavy atom. The van der Waals surface area contributed by atoms with Crippen molar-refractivity contribution < 1.29 is 14.3 Å². The van der Waals surface area contributed by atoms with Gasteiger partial charge in [0.15, 0.2) is 0 Å². The van der Waals surface area contributed by atoms with Crippen LogP contribution in [0.4, 0.5) is 4.79 Å². The molecule has 150 valence electrons. The molecule has 4 rings (SSSR count). The number of thiophene rings is 2. The van der Waals surface area contributed by atoms with Gasteiger partial charge in [0.05, 0.1) is 19.2 Å². The van der Waals surface area contributed by atoms with Crippen LogP contribution in [0.1, 0.15) is 28.3 Å². The normalized spacial score (nSPS) is 20.1. The zero-order valence-electron chi connectivity index (χ0n) is 16.0. The number of carbonyl (C=O) groups excluding carboxylic acids is 2. The van der Waals surface area contributed by atoms with Crippen LogP contribution >= 0.6 is 22.7 Å². The van der Waals surface area contributed by atoms with Gasteiger partial charge in [-0.25, -0.2) is 4.79 Å². The number of hydrogen-bond donors (Lipinski definition) is 0. The van der Waals surface area contributed by atoms with Gasteiger partial charge in [0, 0.05) is 42.5 Å². The smallest absolute Gasteiger partial charge is 0.409 e. The van der Waals surface area contributed by atoms with Crippen LogP contribution in [0.25, 0.3) is 0 Å². The molecule has 0 spiro atoms. The Labute approximate surface area is 173 Å². The number of amides is 2. The van der Waals surface area contributed by atoms with E-state index in [0.29, 0.717) is 39.3 Å². The highest BCUT2D eigenvalue weighted by molar-refractivity contribution is 7.10. The molecule has 0 N–H and O–H groups in total. The Kier molecular flexibility index (Phi) is 5.99. The molecule has 1 fully saturated rings. The van der Waals surface area contributed by atoms with Crippen LogP contribution in [-0.4, -0.2) is 72.6 Å². The summed E-state index contributed by atoms with van der Waals surface area (Å²) < 4.78 is 5.06. The summed E-state index contributed by atoms with van der Waals surface area (Å²) in [5.74, 6) is 0.142. The fourth-order valence-corrected chi connectivity index (χ4v) is 5.73. The number of hydrogen-bond acceptors (Lipinski definition) is 6. The Hall–Kier alpha value is -1.90. The predicted octanol–water partition coefficient (Wildman–Crippen LogP) is 3.06. The van der Waals surface area contributed by atoms with Crippen LogP contribution < -0.4 is 0 Å². The molecule has 4 heterocycles. The molecular weight excluding hydrogens is 394 g/mol. The second-order valence-corrected chi connectivity index (χ2v) is 8.98. The van der Waals surface area contributed by atoms with E-state index in [-0.39, 0.29) is 18.0 Å². The van der Waals surface area contributed by atoms with E-state index >= 15 is 0 Å². The average Bonchev–Trinajstić information content (AvgIpc) is 3.40. The second-order valence-electron chi connectivity index (χ2n) is 7.00. The summed E-state index contributed by atoms with van der Waals surface area (Å²) in [6.45, 7) is 5.70. The predicted molar refractivity (Wildman–Crippen MR) is 111 cm³/mol. The van der Waals surface area contributed by atoms with Gasteiger partial charge in [-0.15, -0.1) is 22.7 Å². The molecule has 0 radical (unpaired) electrons. The first-order valence-corrected chi connectivity index (χ1v) is 11.5. The number of piperazine rings is 1. The molecule has 1 atom stereocenters. The molecule has 2 amide bonds. The second kappa shape index (κ2) is 8.63. The van der Waals surface area contributed by atoms with Gasteiger partial charge >= 0.3 is 6.09 Å². The van der Waals surface area contributed by atoms with Crippen LogP contribution in [0.5, 0.6) is 0 Å². The number of nitrogens with zero attached hydrogens (tertiary/aromatic N) is 3. The standard InChI is InChI=1S/C20H25N3O3S2/c1-2-26-20(25)22-10-8-21(9-11-22)18(24)14-23-7-5-16-15(6-13-28-16)19(23)17-4-3-12-27-17/h3-4,6,12-13,19H,2,5,7-11,14H2,1H3/t19-/m0/s1. The van der Waals surface area contributed by atoms with Gasteiger partial charge in [-0.05, 0) is 41.8 Å². The first-order valence-electron chi connectivity index (χ1n) is 9.70. The van der Waals surface area contributed by atoms with Crippen molar-refractivity contribution in [1.29, 1.82) is 0 Å². The molecule has 0 aliphatic carbocycles. The summed E-state index contributed by atoms with van der Waals surface area (Å²) >= 11 is 3.57. The van der Waals surface area contributed by atoms with E-state index in [1.807, 2.05) is 16.2 Å². The summed E-state index contributed by atoms with van der Waals surface area (Å²) in [6, 6.07) is 6.62. The minimum absolute atomic E-state index is 0.142. The van der Waals surface area contributed by atoms with E-state index in [2.05, 4.69) is 33.9 Å². The fourth-order valence-electron chi connectivity index (χ4n) is 3.95. The Balaban J connectivity index is 1.41. The van der Waals surface area contributed by atoms with Crippen molar-refractivity contribution >= 4 is 34.7 Å². The molecule has 0 saturated carbocycles. The van der Waals surface area contributed by atoms with E-state index in [0.717, 1.165) is 13.0 Å². The SMILES string of the molecule is CCOC(=O)N1CCN(C(=O)CN2CCc3sccc3[C@H]2c2cccs2)CC1. The molecule has 1 saturated heterocycles. The van der Waals surface area contributed by atoms with Gasteiger partial charge in [-0.1, -0.05) is 6.07 Å². The van der Waals surface area contributed by atoms with Gasteiger partial charge in [0.25, 0.3) is 0 Å². The molecule has 6 nitrogen and oxygen atoms in total. The van der Waals surface area contributed by atoms with Gasteiger partial charge in [0.1, 0.15) is 0 Å². The molecule has 28 heavy (non-hydrogen) atoms. The summed E-state index contributed by atoms with van der Waals surface area (Å²) in [5.41, 5.74) is 1.35. The van der Waals surface area contributed by atoms with Crippen molar-refractivity contribution in [2.75, 3.05) is 45.9 Å². The van der Waals surface area contributed by atoms with E-state index in [9.17, 15) is 9.59 Å². The average molecular weight is 420 g/mol. The summed E-state index contributed by atoms with van der Waals surface area (Å²) in [7, 11) is 0. The van der Waals surface area contributed by atoms with Crippen molar-refractivity contribution in [3.63, 3.8) is 0 Å². The van der Waals surface area contributed by atoms with Crippen molar-refractivity contribution in [2.45, 2.75) is 19.4 Å². The molecule has 2 aliphatic rings. The van der Waals surface area contributed by atoms with Crippen molar-refractivity contribution in [3.8, 4) is 0 Å². The zero-order valence-corrected chi connectivity index (χ0v) is 17.6. The van der Waals surface area contributed by atoms with Crippen LogP contribution in [0.2, 0.25) is 0 Å². The van der Waals surface area contributed by atoms with Gasteiger partial charge in [-0.3, -0.25) is 9.69 Å². The lowest BCUT2D eigenvalue weighted by atomic mass is 9.98. The molecule has 0 bridgehead atoms. The highest BCUT2D eigenvalue weighted by Gasteiger charge is 2.33. The van der Waals surface area contributed by atoms with Crippen molar-refractivity contribution in [2.24, 2.45) is 0 Å². The molecule has 0 aromatic carbocycles. The van der Waals surface area contributed by atoms with E-state index in [1.165, 1.54) is 15.3 Å². The zero-order chi connectivity index (χ0) is 19.5. The highest BCUT2D eigenvalue weighted by atomic mass is 32.1. The monoisotopic (exact) mass is 419 g/mol. The maximum absolute atomic E-state index is 13.0. The number of fused-ring (bicyclic) bond motifs is 1. The fraction of sp³-hybridized carbons (Fsp3) is 0.500. The Bertz CT molecular complexity index is 813. The highest BCUT2D eigenvalue weighted by Crippen LogP contribution is 2.39. The molecule has 8 heteroatoms. The van der Waals surface area contributed by atoms with Crippen LogP contribution in [0, 0.1) is 0 Å². The number of carbonyl (C=O) groups is 2. The first kappa shape index (κ1) is 19.4.